The molecule has 0 spiro atoms. The van der Waals surface area contributed by atoms with Gasteiger partial charge in [0.05, 0.1) is 0 Å². The normalized spacial score (nSPS) is 11.5. The summed E-state index contributed by atoms with van der Waals surface area (Å²) in [6.07, 6.45) is 17.3. The first-order valence-corrected chi connectivity index (χ1v) is 10.9. The number of carboxylic acids is 2. The van der Waals surface area contributed by atoms with Crippen LogP contribution in [0.25, 0.3) is 0 Å². The molecule has 0 amide bonds. The maximum atomic E-state index is 10.7. The third kappa shape index (κ3) is 23.6. The van der Waals surface area contributed by atoms with Gasteiger partial charge in [0.15, 0.2) is 0 Å². The van der Waals surface area contributed by atoms with E-state index in [2.05, 4.69) is 13.8 Å². The standard InChI is InChI=1S/C22H42O4.2ClH/c1-19(2)20(17-18-22(25)26)15-13-11-9-7-5-3-4-6-8-10-12-14-16-21(23)24;;/h19-20H,3-18H2,1-2H3,(H,23,24)(H,25,26);2*1H. The van der Waals surface area contributed by atoms with E-state index in [1.54, 1.807) is 0 Å². The van der Waals surface area contributed by atoms with Gasteiger partial charge in [0.2, 0.25) is 0 Å². The Labute approximate surface area is 185 Å². The van der Waals surface area contributed by atoms with Crippen LogP contribution in [-0.2, 0) is 9.59 Å². The first-order chi connectivity index (χ1) is 12.4. The van der Waals surface area contributed by atoms with Gasteiger partial charge in [-0.05, 0) is 24.7 Å². The summed E-state index contributed by atoms with van der Waals surface area (Å²) >= 11 is 0. The summed E-state index contributed by atoms with van der Waals surface area (Å²) in [6.45, 7) is 4.41. The molecule has 1 unspecified atom stereocenters. The molecule has 0 saturated carbocycles. The lowest BCUT2D eigenvalue weighted by Crippen LogP contribution is -2.11. The molecule has 28 heavy (non-hydrogen) atoms. The predicted molar refractivity (Wildman–Crippen MR) is 122 cm³/mol. The highest BCUT2D eigenvalue weighted by atomic mass is 35.5. The van der Waals surface area contributed by atoms with Gasteiger partial charge in [-0.2, -0.15) is 0 Å². The average molecular weight is 443 g/mol. The molecule has 0 heterocycles. The quantitative estimate of drug-likeness (QED) is 0.203. The SMILES string of the molecule is CC(C)C(CCCCCCCCCCCCCCC(=O)O)CCC(=O)O.Cl.Cl. The molecule has 0 aromatic carbocycles. The Morgan fingerprint density at radius 3 is 1.29 bits per heavy atom. The Hall–Kier alpha value is -0.480. The molecule has 0 aliphatic rings. The Bertz CT molecular complexity index is 362. The van der Waals surface area contributed by atoms with E-state index in [0.29, 0.717) is 24.7 Å². The smallest absolute Gasteiger partial charge is 0.303 e. The molecule has 0 aromatic heterocycles. The maximum Gasteiger partial charge on any atom is 0.303 e. The van der Waals surface area contributed by atoms with Crippen molar-refractivity contribution in [1.29, 1.82) is 0 Å². The number of carboxylic acid groups (broad SMARTS) is 2. The van der Waals surface area contributed by atoms with Crippen molar-refractivity contribution in [2.24, 2.45) is 11.8 Å². The molecular weight excluding hydrogens is 399 g/mol. The summed E-state index contributed by atoms with van der Waals surface area (Å²) in [4.78, 5) is 21.1. The van der Waals surface area contributed by atoms with E-state index in [4.69, 9.17) is 10.2 Å². The van der Waals surface area contributed by atoms with Gasteiger partial charge in [-0.25, -0.2) is 0 Å². The topological polar surface area (TPSA) is 74.6 Å². The van der Waals surface area contributed by atoms with Crippen LogP contribution >= 0.6 is 24.8 Å². The fourth-order valence-electron chi connectivity index (χ4n) is 3.57. The van der Waals surface area contributed by atoms with Crippen LogP contribution in [0.3, 0.4) is 0 Å². The molecule has 0 saturated heterocycles. The molecule has 0 aliphatic carbocycles. The average Bonchev–Trinajstić information content (AvgIpc) is 2.56. The van der Waals surface area contributed by atoms with E-state index in [1.807, 2.05) is 0 Å². The fraction of sp³-hybridized carbons (Fsp3) is 0.909. The number of carbonyl (C=O) groups is 2. The highest BCUT2D eigenvalue weighted by Gasteiger charge is 2.14. The summed E-state index contributed by atoms with van der Waals surface area (Å²) in [5.41, 5.74) is 0. The molecular formula is C22H44Cl2O4. The third-order valence-corrected chi connectivity index (χ3v) is 5.39. The van der Waals surface area contributed by atoms with Gasteiger partial charge in [0, 0.05) is 12.8 Å². The fourth-order valence-corrected chi connectivity index (χ4v) is 3.57. The molecule has 4 nitrogen and oxygen atoms in total. The van der Waals surface area contributed by atoms with Gasteiger partial charge in [-0.15, -0.1) is 24.8 Å². The van der Waals surface area contributed by atoms with Crippen LogP contribution in [-0.4, -0.2) is 22.2 Å². The van der Waals surface area contributed by atoms with Gasteiger partial charge in [-0.1, -0.05) is 90.9 Å². The highest BCUT2D eigenvalue weighted by molar-refractivity contribution is 5.85. The second-order valence-corrected chi connectivity index (χ2v) is 8.11. The van der Waals surface area contributed by atoms with E-state index in [9.17, 15) is 9.59 Å². The van der Waals surface area contributed by atoms with Crippen molar-refractivity contribution in [2.75, 3.05) is 0 Å². The first-order valence-electron chi connectivity index (χ1n) is 10.9. The second-order valence-electron chi connectivity index (χ2n) is 8.11. The minimum atomic E-state index is -0.676. The summed E-state index contributed by atoms with van der Waals surface area (Å²) in [5.74, 6) is -0.207. The number of hydrogen-bond donors (Lipinski definition) is 2. The molecule has 0 rings (SSSR count). The molecule has 0 aliphatic heterocycles. The van der Waals surface area contributed by atoms with Crippen LogP contribution < -0.4 is 0 Å². The Morgan fingerprint density at radius 2 is 0.929 bits per heavy atom. The summed E-state index contributed by atoms with van der Waals surface area (Å²) in [6, 6.07) is 0. The first kappa shape index (κ1) is 32.2. The van der Waals surface area contributed by atoms with Crippen molar-refractivity contribution < 1.29 is 19.8 Å². The highest BCUT2D eigenvalue weighted by Crippen LogP contribution is 2.24. The molecule has 1 atom stereocenters. The van der Waals surface area contributed by atoms with Crippen LogP contribution in [0.1, 0.15) is 117 Å². The molecule has 0 radical (unpaired) electrons. The summed E-state index contributed by atoms with van der Waals surface area (Å²) in [5, 5.41) is 17.4. The van der Waals surface area contributed by atoms with Crippen LogP contribution in [0.5, 0.6) is 0 Å². The Morgan fingerprint density at radius 1 is 0.571 bits per heavy atom. The minimum absolute atomic E-state index is 0. The molecule has 0 bridgehead atoms. The Balaban J connectivity index is -0.00000312. The van der Waals surface area contributed by atoms with Crippen molar-refractivity contribution in [3.05, 3.63) is 0 Å². The van der Waals surface area contributed by atoms with Crippen molar-refractivity contribution in [1.82, 2.24) is 0 Å². The van der Waals surface area contributed by atoms with Crippen LogP contribution in [0, 0.1) is 11.8 Å². The van der Waals surface area contributed by atoms with E-state index >= 15 is 0 Å². The van der Waals surface area contributed by atoms with E-state index in [-0.39, 0.29) is 24.8 Å². The van der Waals surface area contributed by atoms with Gasteiger partial charge in [0.1, 0.15) is 0 Å². The van der Waals surface area contributed by atoms with Crippen molar-refractivity contribution in [3.63, 3.8) is 0 Å². The van der Waals surface area contributed by atoms with Gasteiger partial charge < -0.3 is 10.2 Å². The zero-order valence-electron chi connectivity index (χ0n) is 18.0. The van der Waals surface area contributed by atoms with Crippen molar-refractivity contribution in [3.8, 4) is 0 Å². The van der Waals surface area contributed by atoms with Crippen molar-refractivity contribution in [2.45, 2.75) is 117 Å². The van der Waals surface area contributed by atoms with E-state index in [0.717, 1.165) is 19.3 Å². The largest absolute Gasteiger partial charge is 0.481 e. The van der Waals surface area contributed by atoms with Gasteiger partial charge >= 0.3 is 11.9 Å². The number of halogens is 2. The monoisotopic (exact) mass is 442 g/mol. The number of hydrogen-bond acceptors (Lipinski definition) is 2. The predicted octanol–water partition coefficient (Wildman–Crippen LogP) is 7.51. The molecule has 170 valence electrons. The molecule has 0 aromatic rings. The lowest BCUT2D eigenvalue weighted by molar-refractivity contribution is -0.138. The minimum Gasteiger partial charge on any atom is -0.481 e. The number of aliphatic carboxylic acids is 2. The van der Waals surface area contributed by atoms with Crippen LogP contribution in [0.4, 0.5) is 0 Å². The molecule has 0 fully saturated rings. The van der Waals surface area contributed by atoms with E-state index < -0.39 is 11.9 Å². The van der Waals surface area contributed by atoms with Crippen molar-refractivity contribution >= 4 is 36.8 Å². The summed E-state index contributed by atoms with van der Waals surface area (Å²) in [7, 11) is 0. The second kappa shape index (κ2) is 22.8. The van der Waals surface area contributed by atoms with Crippen LogP contribution in [0.15, 0.2) is 0 Å². The van der Waals surface area contributed by atoms with Gasteiger partial charge in [0.25, 0.3) is 0 Å². The lowest BCUT2D eigenvalue weighted by Gasteiger charge is -2.19. The summed E-state index contributed by atoms with van der Waals surface area (Å²) < 4.78 is 0. The lowest BCUT2D eigenvalue weighted by atomic mass is 9.86. The number of unbranched alkanes of at least 4 members (excludes halogenated alkanes) is 11. The van der Waals surface area contributed by atoms with Crippen LogP contribution in [0.2, 0.25) is 0 Å². The Kier molecular flexibility index (Phi) is 26.2. The maximum absolute atomic E-state index is 10.7. The third-order valence-electron chi connectivity index (χ3n) is 5.39. The zero-order valence-corrected chi connectivity index (χ0v) is 19.6. The zero-order chi connectivity index (χ0) is 19.6. The van der Waals surface area contributed by atoms with Gasteiger partial charge in [-0.3, -0.25) is 9.59 Å². The molecule has 2 N–H and O–H groups in total. The molecule has 6 heteroatoms. The number of rotatable bonds is 19. The van der Waals surface area contributed by atoms with E-state index in [1.165, 1.54) is 70.6 Å².